The Morgan fingerprint density at radius 2 is 2.29 bits per heavy atom. The lowest BCUT2D eigenvalue weighted by molar-refractivity contribution is 0.463. The Morgan fingerprint density at radius 1 is 1.50 bits per heavy atom. The Bertz CT molecular complexity index is 350. The van der Waals surface area contributed by atoms with Crippen molar-refractivity contribution < 1.29 is 9.50 Å². The minimum atomic E-state index is -0.320. The summed E-state index contributed by atoms with van der Waals surface area (Å²) in [7, 11) is 0. The summed E-state index contributed by atoms with van der Waals surface area (Å²) in [6, 6.07) is 2.83. The van der Waals surface area contributed by atoms with E-state index >= 15 is 0 Å². The van der Waals surface area contributed by atoms with Crippen LogP contribution < -0.4 is 5.32 Å². The number of hydrogen-bond acceptors (Lipinski definition) is 2. The quantitative estimate of drug-likeness (QED) is 0.812. The van der Waals surface area contributed by atoms with E-state index in [0.29, 0.717) is 10.0 Å². The smallest absolute Gasteiger partial charge is 0.132 e. The van der Waals surface area contributed by atoms with Crippen LogP contribution in [-0.2, 0) is 0 Å². The van der Waals surface area contributed by atoms with Crippen LogP contribution in [0.25, 0.3) is 0 Å². The first-order valence-corrected chi connectivity index (χ1v) is 5.36. The van der Waals surface area contributed by atoms with Gasteiger partial charge in [0.05, 0.1) is 4.47 Å². The van der Waals surface area contributed by atoms with Crippen molar-refractivity contribution in [1.82, 2.24) is 5.32 Å². The van der Waals surface area contributed by atoms with Gasteiger partial charge in [-0.1, -0.05) is 0 Å². The van der Waals surface area contributed by atoms with E-state index in [2.05, 4.69) is 21.2 Å². The van der Waals surface area contributed by atoms with E-state index in [1.165, 1.54) is 0 Å². The van der Waals surface area contributed by atoms with Crippen LogP contribution in [0.3, 0.4) is 0 Å². The average molecular weight is 260 g/mol. The summed E-state index contributed by atoms with van der Waals surface area (Å²) in [4.78, 5) is 0. The molecular weight excluding hydrogens is 249 g/mol. The number of phenols is 1. The minimum Gasteiger partial charge on any atom is -0.507 e. The molecule has 1 saturated heterocycles. The highest BCUT2D eigenvalue weighted by Crippen LogP contribution is 2.32. The topological polar surface area (TPSA) is 32.3 Å². The predicted molar refractivity (Wildman–Crippen MR) is 56.0 cm³/mol. The summed E-state index contributed by atoms with van der Waals surface area (Å²) in [5, 5.41) is 12.5. The number of halogens is 2. The van der Waals surface area contributed by atoms with Gasteiger partial charge in [0.2, 0.25) is 0 Å². The average Bonchev–Trinajstić information content (AvgIpc) is 2.64. The Hall–Kier alpha value is -0.610. The van der Waals surface area contributed by atoms with Gasteiger partial charge in [0.1, 0.15) is 11.6 Å². The number of hydrogen-bond donors (Lipinski definition) is 2. The van der Waals surface area contributed by atoms with E-state index < -0.39 is 0 Å². The number of rotatable bonds is 1. The first-order valence-electron chi connectivity index (χ1n) is 4.57. The van der Waals surface area contributed by atoms with Crippen molar-refractivity contribution in [1.29, 1.82) is 0 Å². The second-order valence-electron chi connectivity index (χ2n) is 3.51. The molecule has 1 atom stereocenters. The zero-order valence-corrected chi connectivity index (χ0v) is 9.14. The molecule has 0 aromatic heterocycles. The van der Waals surface area contributed by atoms with E-state index in [9.17, 15) is 9.50 Å². The molecule has 0 spiro atoms. The fourth-order valence-electron chi connectivity index (χ4n) is 1.78. The van der Waals surface area contributed by atoms with E-state index in [0.717, 1.165) is 25.6 Å². The van der Waals surface area contributed by atoms with Gasteiger partial charge in [-0.15, -0.1) is 0 Å². The summed E-state index contributed by atoms with van der Waals surface area (Å²) in [5.74, 6) is -0.136. The first kappa shape index (κ1) is 9.93. The Labute approximate surface area is 90.3 Å². The molecule has 2 N–H and O–H groups in total. The molecule has 0 saturated carbocycles. The molecule has 1 aliphatic rings. The summed E-state index contributed by atoms with van der Waals surface area (Å²) in [5.41, 5.74) is 0.680. The van der Waals surface area contributed by atoms with E-state index in [1.54, 1.807) is 6.07 Å². The fourth-order valence-corrected chi connectivity index (χ4v) is 2.15. The van der Waals surface area contributed by atoms with Gasteiger partial charge in [-0.05, 0) is 40.5 Å². The van der Waals surface area contributed by atoms with Gasteiger partial charge >= 0.3 is 0 Å². The number of benzene rings is 1. The normalized spacial score (nSPS) is 21.4. The second-order valence-corrected chi connectivity index (χ2v) is 4.37. The lowest BCUT2D eigenvalue weighted by Crippen LogP contribution is -2.09. The molecule has 76 valence electrons. The summed E-state index contributed by atoms with van der Waals surface area (Å²) in [6.07, 6.45) is 0.953. The number of aromatic hydroxyl groups is 1. The minimum absolute atomic E-state index is 0.0443. The molecule has 2 rings (SSSR count). The molecule has 0 bridgehead atoms. The highest BCUT2D eigenvalue weighted by atomic mass is 79.9. The third-order valence-corrected chi connectivity index (χ3v) is 3.20. The molecule has 14 heavy (non-hydrogen) atoms. The fraction of sp³-hybridized carbons (Fsp3) is 0.400. The van der Waals surface area contributed by atoms with Crippen LogP contribution in [0.4, 0.5) is 4.39 Å². The molecule has 1 aliphatic heterocycles. The van der Waals surface area contributed by atoms with E-state index in [4.69, 9.17) is 0 Å². The van der Waals surface area contributed by atoms with Crippen LogP contribution >= 0.6 is 15.9 Å². The summed E-state index contributed by atoms with van der Waals surface area (Å²) < 4.78 is 14.0. The van der Waals surface area contributed by atoms with Crippen molar-refractivity contribution in [3.63, 3.8) is 0 Å². The van der Waals surface area contributed by atoms with Crippen LogP contribution in [0.2, 0.25) is 0 Å². The SMILES string of the molecule is Oc1cc(F)c(C2CCNC2)cc1Br. The van der Waals surface area contributed by atoms with Crippen LogP contribution in [0.15, 0.2) is 16.6 Å². The van der Waals surface area contributed by atoms with Crippen molar-refractivity contribution in [2.45, 2.75) is 12.3 Å². The second kappa shape index (κ2) is 3.87. The first-order chi connectivity index (χ1) is 6.68. The van der Waals surface area contributed by atoms with Crippen LogP contribution in [0.1, 0.15) is 17.9 Å². The predicted octanol–water partition coefficient (Wildman–Crippen LogP) is 2.37. The van der Waals surface area contributed by atoms with Crippen molar-refractivity contribution in [2.24, 2.45) is 0 Å². The lowest BCUT2D eigenvalue weighted by Gasteiger charge is -2.11. The van der Waals surface area contributed by atoms with Gasteiger partial charge in [-0.3, -0.25) is 0 Å². The summed E-state index contributed by atoms with van der Waals surface area (Å²) >= 11 is 3.19. The Kier molecular flexibility index (Phi) is 2.74. The Balaban J connectivity index is 2.37. The zero-order valence-electron chi connectivity index (χ0n) is 7.56. The van der Waals surface area contributed by atoms with Crippen molar-refractivity contribution in [2.75, 3.05) is 13.1 Å². The van der Waals surface area contributed by atoms with Crippen LogP contribution in [0, 0.1) is 5.82 Å². The van der Waals surface area contributed by atoms with Crippen LogP contribution in [0.5, 0.6) is 5.75 Å². The standard InChI is InChI=1S/C10H11BrFNO/c11-8-3-7(6-1-2-13-5-6)9(12)4-10(8)14/h3-4,6,13-14H,1-2,5H2. The highest BCUT2D eigenvalue weighted by Gasteiger charge is 2.21. The lowest BCUT2D eigenvalue weighted by atomic mass is 9.98. The molecule has 1 aromatic carbocycles. The highest BCUT2D eigenvalue weighted by molar-refractivity contribution is 9.10. The van der Waals surface area contributed by atoms with Crippen molar-refractivity contribution >= 4 is 15.9 Å². The molecule has 2 nitrogen and oxygen atoms in total. The third kappa shape index (κ3) is 1.77. The summed E-state index contributed by atoms with van der Waals surface area (Å²) in [6.45, 7) is 1.75. The maximum absolute atomic E-state index is 13.5. The van der Waals surface area contributed by atoms with Gasteiger partial charge in [0, 0.05) is 18.5 Å². The molecule has 4 heteroatoms. The molecule has 1 unspecified atom stereocenters. The van der Waals surface area contributed by atoms with Crippen molar-refractivity contribution in [3.05, 3.63) is 28.0 Å². The van der Waals surface area contributed by atoms with Gasteiger partial charge in [0.25, 0.3) is 0 Å². The molecule has 0 aliphatic carbocycles. The maximum atomic E-state index is 13.5. The van der Waals surface area contributed by atoms with Gasteiger partial charge in [0.15, 0.2) is 0 Å². The molecule has 1 aromatic rings. The van der Waals surface area contributed by atoms with E-state index in [1.807, 2.05) is 0 Å². The molecule has 1 fully saturated rings. The molecule has 0 radical (unpaired) electrons. The molecule has 1 heterocycles. The van der Waals surface area contributed by atoms with Crippen molar-refractivity contribution in [3.8, 4) is 5.75 Å². The number of phenolic OH excluding ortho intramolecular Hbond substituents is 1. The molecule has 0 amide bonds. The van der Waals surface area contributed by atoms with E-state index in [-0.39, 0.29) is 17.5 Å². The van der Waals surface area contributed by atoms with Gasteiger partial charge in [-0.2, -0.15) is 0 Å². The monoisotopic (exact) mass is 259 g/mol. The Morgan fingerprint density at radius 3 is 2.93 bits per heavy atom. The molecular formula is C10H11BrFNO. The van der Waals surface area contributed by atoms with Crippen LogP contribution in [-0.4, -0.2) is 18.2 Å². The van der Waals surface area contributed by atoms with Gasteiger partial charge in [-0.25, -0.2) is 4.39 Å². The largest absolute Gasteiger partial charge is 0.507 e. The zero-order chi connectivity index (χ0) is 10.1. The maximum Gasteiger partial charge on any atom is 0.132 e. The number of nitrogens with one attached hydrogen (secondary N) is 1. The third-order valence-electron chi connectivity index (χ3n) is 2.57. The van der Waals surface area contributed by atoms with Gasteiger partial charge < -0.3 is 10.4 Å².